The predicted octanol–water partition coefficient (Wildman–Crippen LogP) is 4.76. The van der Waals surface area contributed by atoms with Gasteiger partial charge < -0.3 is 5.32 Å². The minimum absolute atomic E-state index is 0.393. The number of rotatable bonds is 7. The van der Waals surface area contributed by atoms with Crippen LogP contribution in [0.1, 0.15) is 50.7 Å². The van der Waals surface area contributed by atoms with Gasteiger partial charge in [0.05, 0.1) is 5.56 Å². The van der Waals surface area contributed by atoms with E-state index in [0.717, 1.165) is 31.7 Å². The molecule has 0 aliphatic rings. The lowest BCUT2D eigenvalue weighted by Crippen LogP contribution is -2.28. The zero-order valence-electron chi connectivity index (χ0n) is 11.6. The van der Waals surface area contributed by atoms with Gasteiger partial charge in [-0.15, -0.1) is 0 Å². The van der Waals surface area contributed by atoms with Crippen LogP contribution in [0, 0.1) is 0 Å². The Morgan fingerprint density at radius 1 is 1.11 bits per heavy atom. The Hall–Kier alpha value is -1.03. The molecule has 0 heterocycles. The molecule has 0 spiro atoms. The summed E-state index contributed by atoms with van der Waals surface area (Å²) in [5.41, 5.74) is 0.112. The van der Waals surface area contributed by atoms with Gasteiger partial charge in [-0.3, -0.25) is 0 Å². The molecule has 0 fully saturated rings. The SMILES string of the molecule is CCCC(CCC)NCc1cccc(C(F)(F)F)c1. The first-order valence-electron chi connectivity index (χ1n) is 6.86. The lowest BCUT2D eigenvalue weighted by molar-refractivity contribution is -0.137. The van der Waals surface area contributed by atoms with Gasteiger partial charge in [0.15, 0.2) is 0 Å². The van der Waals surface area contributed by atoms with Crippen molar-refractivity contribution in [2.24, 2.45) is 0 Å². The highest BCUT2D eigenvalue weighted by Crippen LogP contribution is 2.29. The number of benzene rings is 1. The van der Waals surface area contributed by atoms with Crippen molar-refractivity contribution >= 4 is 0 Å². The molecule has 1 aromatic rings. The summed E-state index contributed by atoms with van der Waals surface area (Å²) in [6.45, 7) is 4.73. The van der Waals surface area contributed by atoms with E-state index in [4.69, 9.17) is 0 Å². The molecule has 108 valence electrons. The number of alkyl halides is 3. The summed E-state index contributed by atoms with van der Waals surface area (Å²) >= 11 is 0. The van der Waals surface area contributed by atoms with Gasteiger partial charge in [0.2, 0.25) is 0 Å². The molecular formula is C15H22F3N. The molecule has 1 nitrogen and oxygen atoms in total. The largest absolute Gasteiger partial charge is 0.416 e. The van der Waals surface area contributed by atoms with Gasteiger partial charge in [-0.25, -0.2) is 0 Å². The summed E-state index contributed by atoms with van der Waals surface area (Å²) in [5.74, 6) is 0. The van der Waals surface area contributed by atoms with Crippen LogP contribution < -0.4 is 5.32 Å². The lowest BCUT2D eigenvalue weighted by Gasteiger charge is -2.17. The van der Waals surface area contributed by atoms with Crippen LogP contribution >= 0.6 is 0 Å². The Kier molecular flexibility index (Phi) is 6.35. The molecule has 0 radical (unpaired) electrons. The monoisotopic (exact) mass is 273 g/mol. The molecule has 1 N–H and O–H groups in total. The van der Waals surface area contributed by atoms with E-state index >= 15 is 0 Å². The van der Waals surface area contributed by atoms with Gasteiger partial charge in [0.25, 0.3) is 0 Å². The van der Waals surface area contributed by atoms with E-state index in [0.29, 0.717) is 18.2 Å². The molecule has 0 atom stereocenters. The quantitative estimate of drug-likeness (QED) is 0.755. The molecule has 0 saturated carbocycles. The van der Waals surface area contributed by atoms with Crippen molar-refractivity contribution in [3.8, 4) is 0 Å². The Morgan fingerprint density at radius 3 is 2.26 bits per heavy atom. The van der Waals surface area contributed by atoms with E-state index in [-0.39, 0.29) is 0 Å². The number of halogens is 3. The standard InChI is InChI=1S/C15H22F3N/c1-3-6-14(7-4-2)19-11-12-8-5-9-13(10-12)15(16,17)18/h5,8-10,14,19H,3-4,6-7,11H2,1-2H3. The molecule has 0 aromatic heterocycles. The van der Waals surface area contributed by atoms with E-state index in [2.05, 4.69) is 19.2 Å². The van der Waals surface area contributed by atoms with E-state index in [1.807, 2.05) is 0 Å². The first kappa shape index (κ1) is 16.0. The van der Waals surface area contributed by atoms with E-state index in [9.17, 15) is 13.2 Å². The average Bonchev–Trinajstić information content (AvgIpc) is 2.36. The van der Waals surface area contributed by atoms with Gasteiger partial charge in [-0.1, -0.05) is 44.9 Å². The molecule has 19 heavy (non-hydrogen) atoms. The van der Waals surface area contributed by atoms with Crippen molar-refractivity contribution in [1.29, 1.82) is 0 Å². The summed E-state index contributed by atoms with van der Waals surface area (Å²) in [7, 11) is 0. The third-order valence-corrected chi connectivity index (χ3v) is 3.12. The van der Waals surface area contributed by atoms with Crippen LogP contribution in [0.25, 0.3) is 0 Å². The van der Waals surface area contributed by atoms with Crippen LogP contribution in [0.3, 0.4) is 0 Å². The lowest BCUT2D eigenvalue weighted by atomic mass is 10.1. The second-order valence-electron chi connectivity index (χ2n) is 4.85. The molecule has 1 aromatic carbocycles. The summed E-state index contributed by atoms with van der Waals surface area (Å²) in [6.07, 6.45) is 0.0301. The summed E-state index contributed by atoms with van der Waals surface area (Å²) in [4.78, 5) is 0. The first-order valence-corrected chi connectivity index (χ1v) is 6.86. The fourth-order valence-electron chi connectivity index (χ4n) is 2.17. The number of nitrogens with one attached hydrogen (secondary N) is 1. The zero-order chi connectivity index (χ0) is 14.3. The van der Waals surface area contributed by atoms with Crippen LogP contribution in [0.4, 0.5) is 13.2 Å². The second kappa shape index (κ2) is 7.53. The molecule has 1 rings (SSSR count). The van der Waals surface area contributed by atoms with E-state index < -0.39 is 11.7 Å². The van der Waals surface area contributed by atoms with E-state index in [1.54, 1.807) is 6.07 Å². The number of hydrogen-bond donors (Lipinski definition) is 1. The molecular weight excluding hydrogens is 251 g/mol. The highest BCUT2D eigenvalue weighted by Gasteiger charge is 2.30. The molecule has 0 aliphatic heterocycles. The average molecular weight is 273 g/mol. The summed E-state index contributed by atoms with van der Waals surface area (Å²) in [6, 6.07) is 5.93. The highest BCUT2D eigenvalue weighted by atomic mass is 19.4. The Morgan fingerprint density at radius 2 is 1.74 bits per heavy atom. The maximum atomic E-state index is 12.6. The topological polar surface area (TPSA) is 12.0 Å². The van der Waals surface area contributed by atoms with Gasteiger partial charge in [-0.05, 0) is 24.5 Å². The molecule has 0 amide bonds. The minimum Gasteiger partial charge on any atom is -0.310 e. The van der Waals surface area contributed by atoms with Crippen LogP contribution in [-0.2, 0) is 12.7 Å². The van der Waals surface area contributed by atoms with Crippen molar-refractivity contribution in [2.45, 2.75) is 58.3 Å². The molecule has 0 aliphatic carbocycles. The Balaban J connectivity index is 2.61. The normalized spacial score (nSPS) is 12.1. The Bertz CT molecular complexity index is 368. The highest BCUT2D eigenvalue weighted by molar-refractivity contribution is 5.25. The summed E-state index contributed by atoms with van der Waals surface area (Å²) in [5, 5.41) is 3.35. The van der Waals surface area contributed by atoms with Gasteiger partial charge in [-0.2, -0.15) is 13.2 Å². The molecule has 0 saturated heterocycles. The fraction of sp³-hybridized carbons (Fsp3) is 0.600. The van der Waals surface area contributed by atoms with E-state index in [1.165, 1.54) is 12.1 Å². The third-order valence-electron chi connectivity index (χ3n) is 3.12. The zero-order valence-corrected chi connectivity index (χ0v) is 11.6. The fourth-order valence-corrected chi connectivity index (χ4v) is 2.17. The van der Waals surface area contributed by atoms with Gasteiger partial charge in [0.1, 0.15) is 0 Å². The van der Waals surface area contributed by atoms with Crippen LogP contribution in [0.5, 0.6) is 0 Å². The van der Waals surface area contributed by atoms with Gasteiger partial charge in [0, 0.05) is 12.6 Å². The molecule has 4 heteroatoms. The van der Waals surface area contributed by atoms with Crippen LogP contribution in [0.2, 0.25) is 0 Å². The van der Waals surface area contributed by atoms with Crippen molar-refractivity contribution < 1.29 is 13.2 Å². The smallest absolute Gasteiger partial charge is 0.310 e. The predicted molar refractivity (Wildman–Crippen MR) is 71.9 cm³/mol. The molecule has 0 bridgehead atoms. The van der Waals surface area contributed by atoms with Crippen molar-refractivity contribution in [3.05, 3.63) is 35.4 Å². The van der Waals surface area contributed by atoms with Gasteiger partial charge >= 0.3 is 6.18 Å². The maximum Gasteiger partial charge on any atom is 0.416 e. The first-order chi connectivity index (χ1) is 8.97. The van der Waals surface area contributed by atoms with Crippen LogP contribution in [0.15, 0.2) is 24.3 Å². The van der Waals surface area contributed by atoms with Crippen molar-refractivity contribution in [3.63, 3.8) is 0 Å². The Labute approximate surface area is 113 Å². The third kappa shape index (κ3) is 5.64. The minimum atomic E-state index is -4.26. The summed E-state index contributed by atoms with van der Waals surface area (Å²) < 4.78 is 37.8. The number of hydrogen-bond acceptors (Lipinski definition) is 1. The second-order valence-corrected chi connectivity index (χ2v) is 4.85. The van der Waals surface area contributed by atoms with Crippen LogP contribution in [-0.4, -0.2) is 6.04 Å². The molecule has 0 unspecified atom stereocenters. The van der Waals surface area contributed by atoms with Crippen molar-refractivity contribution in [1.82, 2.24) is 5.32 Å². The maximum absolute atomic E-state index is 12.6. The van der Waals surface area contributed by atoms with Crippen molar-refractivity contribution in [2.75, 3.05) is 0 Å².